The van der Waals surface area contributed by atoms with Gasteiger partial charge in [0.15, 0.2) is 0 Å². The molecule has 206 valence electrons. The summed E-state index contributed by atoms with van der Waals surface area (Å²) in [6.07, 6.45) is 5.44. The predicted octanol–water partition coefficient (Wildman–Crippen LogP) is 8.02. The van der Waals surface area contributed by atoms with E-state index < -0.39 is 0 Å². The lowest BCUT2D eigenvalue weighted by Gasteiger charge is -2.26. The molecule has 0 spiro atoms. The topological polar surface area (TPSA) is 41.1 Å². The highest BCUT2D eigenvalue weighted by Crippen LogP contribution is 2.29. The minimum Gasteiger partial charge on any atom is -0.362 e. The second kappa shape index (κ2) is 13.7. The van der Waals surface area contributed by atoms with Gasteiger partial charge in [0, 0.05) is 31.6 Å². The highest BCUT2D eigenvalue weighted by Gasteiger charge is 2.18. The van der Waals surface area contributed by atoms with Crippen LogP contribution in [0, 0.1) is 24.6 Å². The standard InChI is InChI=1S/C23H30FN.C11H13N3/c1-17-8-10-19(11-9-17)16-25-15-18(2)21-12-13-22(23(24)14-21)20-6-4-3-5-7-20;1-8-12-10-7-5-4-6-9(10)11(13-8)14(2)3/h3-7,12-14,17-19,25H,8-11,15-16H2,1-2H3;4-7H,1-3H3. The van der Waals surface area contributed by atoms with Gasteiger partial charge in [0.1, 0.15) is 17.5 Å². The number of fused-ring (bicyclic) bond motifs is 1. The van der Waals surface area contributed by atoms with Gasteiger partial charge in [-0.2, -0.15) is 0 Å². The first-order valence-electron chi connectivity index (χ1n) is 14.3. The van der Waals surface area contributed by atoms with Crippen LogP contribution in [0.25, 0.3) is 22.0 Å². The molecule has 1 aliphatic carbocycles. The first-order valence-corrected chi connectivity index (χ1v) is 14.3. The number of aryl methyl sites for hydroxylation is 1. The number of anilines is 1. The molecule has 0 aliphatic heterocycles. The molecule has 5 rings (SSSR count). The number of aromatic nitrogens is 2. The third-order valence-electron chi connectivity index (χ3n) is 7.78. The molecule has 1 atom stereocenters. The zero-order valence-corrected chi connectivity index (χ0v) is 24.1. The molecule has 3 aromatic carbocycles. The van der Waals surface area contributed by atoms with Crippen LogP contribution in [0.4, 0.5) is 10.2 Å². The third kappa shape index (κ3) is 7.86. The smallest absolute Gasteiger partial charge is 0.139 e. The largest absolute Gasteiger partial charge is 0.362 e. The molecule has 0 saturated heterocycles. The maximum absolute atomic E-state index is 14.5. The third-order valence-corrected chi connectivity index (χ3v) is 7.78. The van der Waals surface area contributed by atoms with Gasteiger partial charge >= 0.3 is 0 Å². The summed E-state index contributed by atoms with van der Waals surface area (Å²) in [6, 6.07) is 23.5. The molecule has 1 saturated carbocycles. The van der Waals surface area contributed by atoms with Gasteiger partial charge in [-0.25, -0.2) is 14.4 Å². The van der Waals surface area contributed by atoms with Crippen LogP contribution >= 0.6 is 0 Å². The Bertz CT molecular complexity index is 1330. The monoisotopic (exact) mass is 526 g/mol. The Morgan fingerprint density at radius 1 is 0.923 bits per heavy atom. The molecule has 1 aromatic heterocycles. The normalized spacial score (nSPS) is 17.8. The first-order chi connectivity index (χ1) is 18.8. The Balaban J connectivity index is 0.000000212. The Morgan fingerprint density at radius 3 is 2.31 bits per heavy atom. The highest BCUT2D eigenvalue weighted by molar-refractivity contribution is 5.89. The molecule has 4 aromatic rings. The highest BCUT2D eigenvalue weighted by atomic mass is 19.1. The lowest BCUT2D eigenvalue weighted by Crippen LogP contribution is -2.28. The molecule has 0 amide bonds. The molecule has 39 heavy (non-hydrogen) atoms. The van der Waals surface area contributed by atoms with Gasteiger partial charge in [0.2, 0.25) is 0 Å². The van der Waals surface area contributed by atoms with E-state index in [1.54, 1.807) is 6.07 Å². The number of halogens is 1. The SMILES string of the molecule is CC1CCC(CNCC(C)c2ccc(-c3ccccc3)c(F)c2)CC1.Cc1nc(N(C)C)c2ccccc2n1. The lowest BCUT2D eigenvalue weighted by atomic mass is 9.83. The van der Waals surface area contributed by atoms with E-state index >= 15 is 0 Å². The summed E-state index contributed by atoms with van der Waals surface area (Å²) in [4.78, 5) is 10.8. The van der Waals surface area contributed by atoms with E-state index in [0.717, 1.165) is 58.6 Å². The molecule has 0 bridgehead atoms. The van der Waals surface area contributed by atoms with Crippen molar-refractivity contribution in [2.24, 2.45) is 11.8 Å². The number of para-hydroxylation sites is 1. The molecule has 0 radical (unpaired) electrons. The number of hydrogen-bond donors (Lipinski definition) is 1. The van der Waals surface area contributed by atoms with E-state index in [-0.39, 0.29) is 5.82 Å². The van der Waals surface area contributed by atoms with Crippen molar-refractivity contribution >= 4 is 16.7 Å². The fourth-order valence-electron chi connectivity index (χ4n) is 5.36. The van der Waals surface area contributed by atoms with Crippen LogP contribution in [0.2, 0.25) is 0 Å². The van der Waals surface area contributed by atoms with Crippen molar-refractivity contribution in [1.29, 1.82) is 0 Å². The zero-order chi connectivity index (χ0) is 27.8. The minimum absolute atomic E-state index is 0.128. The van der Waals surface area contributed by atoms with Crippen LogP contribution in [0.3, 0.4) is 0 Å². The Hall–Kier alpha value is -3.31. The Labute approximate surface area is 233 Å². The van der Waals surface area contributed by atoms with Crippen LogP contribution in [0.15, 0.2) is 72.8 Å². The van der Waals surface area contributed by atoms with Crippen molar-refractivity contribution in [3.8, 4) is 11.1 Å². The van der Waals surface area contributed by atoms with Crippen LogP contribution in [-0.4, -0.2) is 37.2 Å². The maximum Gasteiger partial charge on any atom is 0.139 e. The van der Waals surface area contributed by atoms with Gasteiger partial charge in [-0.15, -0.1) is 0 Å². The second-order valence-electron chi connectivity index (χ2n) is 11.3. The number of hydrogen-bond acceptors (Lipinski definition) is 4. The van der Waals surface area contributed by atoms with Gasteiger partial charge in [0.25, 0.3) is 0 Å². The fourth-order valence-corrected chi connectivity index (χ4v) is 5.36. The van der Waals surface area contributed by atoms with Gasteiger partial charge in [0.05, 0.1) is 5.52 Å². The quantitative estimate of drug-likeness (QED) is 0.265. The molecule has 1 fully saturated rings. The number of nitrogens with one attached hydrogen (secondary N) is 1. The number of benzene rings is 3. The van der Waals surface area contributed by atoms with Crippen LogP contribution in [0.1, 0.15) is 56.8 Å². The number of rotatable bonds is 7. The Morgan fingerprint density at radius 2 is 1.62 bits per heavy atom. The summed E-state index contributed by atoms with van der Waals surface area (Å²) in [5.41, 5.74) is 3.69. The molecular formula is C34H43FN4. The predicted molar refractivity (Wildman–Crippen MR) is 163 cm³/mol. The molecular weight excluding hydrogens is 483 g/mol. The van der Waals surface area contributed by atoms with Crippen molar-refractivity contribution in [3.05, 3.63) is 90.0 Å². The molecule has 4 nitrogen and oxygen atoms in total. The number of nitrogens with zero attached hydrogens (tertiary/aromatic N) is 3. The summed E-state index contributed by atoms with van der Waals surface area (Å²) in [6.45, 7) is 8.46. The summed E-state index contributed by atoms with van der Waals surface area (Å²) >= 11 is 0. The van der Waals surface area contributed by atoms with Gasteiger partial charge in [-0.1, -0.05) is 81.3 Å². The van der Waals surface area contributed by atoms with Crippen molar-refractivity contribution < 1.29 is 4.39 Å². The molecule has 1 N–H and O–H groups in total. The fraction of sp³-hybridized carbons (Fsp3) is 0.412. The van der Waals surface area contributed by atoms with Crippen LogP contribution < -0.4 is 10.2 Å². The summed E-state index contributed by atoms with van der Waals surface area (Å²) in [5.74, 6) is 3.71. The van der Waals surface area contributed by atoms with Crippen molar-refractivity contribution in [3.63, 3.8) is 0 Å². The van der Waals surface area contributed by atoms with E-state index in [0.29, 0.717) is 11.5 Å². The zero-order valence-electron chi connectivity index (χ0n) is 24.1. The van der Waals surface area contributed by atoms with E-state index in [1.807, 2.05) is 86.6 Å². The van der Waals surface area contributed by atoms with Gasteiger partial charge in [-0.3, -0.25) is 0 Å². The average molecular weight is 527 g/mol. The van der Waals surface area contributed by atoms with Crippen molar-refractivity contribution in [1.82, 2.24) is 15.3 Å². The molecule has 1 aliphatic rings. The van der Waals surface area contributed by atoms with Gasteiger partial charge < -0.3 is 10.2 Å². The van der Waals surface area contributed by atoms with E-state index in [9.17, 15) is 4.39 Å². The van der Waals surface area contributed by atoms with Gasteiger partial charge in [-0.05, 0) is 73.4 Å². The summed E-state index contributed by atoms with van der Waals surface area (Å²) < 4.78 is 14.5. The molecule has 1 unspecified atom stereocenters. The maximum atomic E-state index is 14.5. The van der Waals surface area contributed by atoms with E-state index in [4.69, 9.17) is 0 Å². The van der Waals surface area contributed by atoms with E-state index in [2.05, 4.69) is 35.2 Å². The first kappa shape index (κ1) is 28.7. The Kier molecular flexibility index (Phi) is 10.0. The van der Waals surface area contributed by atoms with Crippen molar-refractivity contribution in [2.75, 3.05) is 32.1 Å². The van der Waals surface area contributed by atoms with Crippen LogP contribution in [-0.2, 0) is 0 Å². The van der Waals surface area contributed by atoms with Crippen LogP contribution in [0.5, 0.6) is 0 Å². The second-order valence-corrected chi connectivity index (χ2v) is 11.3. The van der Waals surface area contributed by atoms with E-state index in [1.165, 1.54) is 25.7 Å². The molecule has 1 heterocycles. The summed E-state index contributed by atoms with van der Waals surface area (Å²) in [7, 11) is 3.99. The average Bonchev–Trinajstić information content (AvgIpc) is 2.94. The summed E-state index contributed by atoms with van der Waals surface area (Å²) in [5, 5.41) is 4.71. The lowest BCUT2D eigenvalue weighted by molar-refractivity contribution is 0.281. The minimum atomic E-state index is -0.128. The van der Waals surface area contributed by atoms with Crippen molar-refractivity contribution in [2.45, 2.75) is 52.4 Å². The molecule has 5 heteroatoms.